The van der Waals surface area contributed by atoms with Crippen LogP contribution < -0.4 is 5.32 Å². The Morgan fingerprint density at radius 2 is 2.33 bits per heavy atom. The normalized spacial score (nSPS) is 26.5. The minimum atomic E-state index is 0.346. The van der Waals surface area contributed by atoms with Crippen molar-refractivity contribution in [3.8, 4) is 0 Å². The van der Waals surface area contributed by atoms with Gasteiger partial charge < -0.3 is 15.0 Å². The van der Waals surface area contributed by atoms with Crippen LogP contribution >= 0.6 is 0 Å². The van der Waals surface area contributed by atoms with Gasteiger partial charge in [-0.15, -0.1) is 0 Å². The highest BCUT2D eigenvalue weighted by Gasteiger charge is 2.16. The lowest BCUT2D eigenvalue weighted by Gasteiger charge is -2.31. The number of piperazine rings is 1. The van der Waals surface area contributed by atoms with Gasteiger partial charge in [0.05, 0.1) is 12.7 Å². The summed E-state index contributed by atoms with van der Waals surface area (Å²) >= 11 is 0. The van der Waals surface area contributed by atoms with Crippen LogP contribution in [0.25, 0.3) is 0 Å². The van der Waals surface area contributed by atoms with Gasteiger partial charge in [0.1, 0.15) is 0 Å². The molecule has 0 aromatic carbocycles. The Balaban J connectivity index is 2.14. The topological polar surface area (TPSA) is 24.5 Å². The van der Waals surface area contributed by atoms with Crippen molar-refractivity contribution < 1.29 is 4.74 Å². The first-order valence-corrected chi connectivity index (χ1v) is 4.72. The van der Waals surface area contributed by atoms with Gasteiger partial charge in [0, 0.05) is 25.7 Å². The number of hydrogen-bond donors (Lipinski definition) is 1. The Morgan fingerprint density at radius 3 is 2.92 bits per heavy atom. The quantitative estimate of drug-likeness (QED) is 0.663. The molecule has 0 amide bonds. The minimum absolute atomic E-state index is 0.346. The van der Waals surface area contributed by atoms with Gasteiger partial charge in [-0.1, -0.05) is 0 Å². The summed E-state index contributed by atoms with van der Waals surface area (Å²) in [6.45, 7) is 8.33. The molecule has 3 heteroatoms. The van der Waals surface area contributed by atoms with E-state index < -0.39 is 0 Å². The summed E-state index contributed by atoms with van der Waals surface area (Å²) in [6.07, 6.45) is 0.346. The molecule has 72 valence electrons. The Bertz CT molecular complexity index is 128. The molecule has 0 bridgehead atoms. The molecule has 1 N–H and O–H groups in total. The summed E-state index contributed by atoms with van der Waals surface area (Å²) in [4.78, 5) is 2.34. The van der Waals surface area contributed by atoms with E-state index in [-0.39, 0.29) is 0 Å². The summed E-state index contributed by atoms with van der Waals surface area (Å²) < 4.78 is 5.54. The summed E-state index contributed by atoms with van der Waals surface area (Å²) in [5.41, 5.74) is 0. The van der Waals surface area contributed by atoms with Gasteiger partial charge >= 0.3 is 0 Å². The van der Waals surface area contributed by atoms with Crippen molar-refractivity contribution in [3.63, 3.8) is 0 Å². The highest BCUT2D eigenvalue weighted by atomic mass is 16.5. The molecule has 0 unspecified atom stereocenters. The van der Waals surface area contributed by atoms with E-state index in [2.05, 4.69) is 31.1 Å². The summed E-state index contributed by atoms with van der Waals surface area (Å²) in [7, 11) is 2.16. The molecule has 1 aliphatic heterocycles. The number of likely N-dealkylation sites (N-methyl/N-ethyl adjacent to an activating group) is 1. The molecule has 0 aromatic rings. The molecule has 0 aliphatic carbocycles. The van der Waals surface area contributed by atoms with Gasteiger partial charge in [0.25, 0.3) is 0 Å². The first-order chi connectivity index (χ1) is 5.68. The van der Waals surface area contributed by atoms with Crippen molar-refractivity contribution in [1.29, 1.82) is 0 Å². The van der Waals surface area contributed by atoms with E-state index in [1.165, 1.54) is 0 Å². The van der Waals surface area contributed by atoms with Crippen LogP contribution in [-0.4, -0.2) is 50.3 Å². The standard InChI is InChI=1S/C9H20N2O/c1-8(2)12-7-9-6-11(3)5-4-10-9/h8-10H,4-7H2,1-3H3/t9-/m1/s1. The molecule has 0 radical (unpaired) electrons. The molecule has 1 fully saturated rings. The lowest BCUT2D eigenvalue weighted by molar-refractivity contribution is 0.0468. The Kier molecular flexibility index (Phi) is 3.98. The van der Waals surface area contributed by atoms with Crippen molar-refractivity contribution in [3.05, 3.63) is 0 Å². The Morgan fingerprint density at radius 1 is 1.58 bits per heavy atom. The average molecular weight is 172 g/mol. The van der Waals surface area contributed by atoms with E-state index in [9.17, 15) is 0 Å². The molecule has 1 aliphatic rings. The lowest BCUT2D eigenvalue weighted by Crippen LogP contribution is -2.51. The third-order valence-electron chi connectivity index (χ3n) is 2.09. The number of ether oxygens (including phenoxy) is 1. The number of hydrogen-bond acceptors (Lipinski definition) is 3. The van der Waals surface area contributed by atoms with E-state index >= 15 is 0 Å². The predicted octanol–water partition coefficient (Wildman–Crippen LogP) is 0.315. The second-order valence-electron chi connectivity index (χ2n) is 3.80. The zero-order chi connectivity index (χ0) is 8.97. The maximum absolute atomic E-state index is 5.54. The maximum Gasteiger partial charge on any atom is 0.0635 e. The van der Waals surface area contributed by atoms with Gasteiger partial charge in [-0.05, 0) is 20.9 Å². The van der Waals surface area contributed by atoms with Crippen molar-refractivity contribution >= 4 is 0 Å². The van der Waals surface area contributed by atoms with Crippen molar-refractivity contribution in [2.75, 3.05) is 33.3 Å². The van der Waals surface area contributed by atoms with Crippen LogP contribution in [-0.2, 0) is 4.74 Å². The third-order valence-corrected chi connectivity index (χ3v) is 2.09. The van der Waals surface area contributed by atoms with Crippen LogP contribution in [0.15, 0.2) is 0 Å². The van der Waals surface area contributed by atoms with Crippen LogP contribution in [0.4, 0.5) is 0 Å². The first-order valence-electron chi connectivity index (χ1n) is 4.72. The van der Waals surface area contributed by atoms with E-state index in [1.54, 1.807) is 0 Å². The van der Waals surface area contributed by atoms with E-state index in [0.717, 1.165) is 26.2 Å². The molecule has 0 saturated carbocycles. The number of nitrogens with zero attached hydrogens (tertiary/aromatic N) is 1. The molecule has 12 heavy (non-hydrogen) atoms. The largest absolute Gasteiger partial charge is 0.377 e. The predicted molar refractivity (Wildman–Crippen MR) is 50.4 cm³/mol. The summed E-state index contributed by atoms with van der Waals surface area (Å²) in [5, 5.41) is 3.44. The minimum Gasteiger partial charge on any atom is -0.377 e. The van der Waals surface area contributed by atoms with Crippen LogP contribution in [0.1, 0.15) is 13.8 Å². The lowest BCUT2D eigenvalue weighted by atomic mass is 10.2. The van der Waals surface area contributed by atoms with Crippen LogP contribution in [0, 0.1) is 0 Å². The molecule has 1 heterocycles. The Hall–Kier alpha value is -0.120. The third kappa shape index (κ3) is 3.52. The monoisotopic (exact) mass is 172 g/mol. The second-order valence-corrected chi connectivity index (χ2v) is 3.80. The van der Waals surface area contributed by atoms with Crippen molar-refractivity contribution in [1.82, 2.24) is 10.2 Å². The van der Waals surface area contributed by atoms with Gasteiger partial charge in [0.15, 0.2) is 0 Å². The smallest absolute Gasteiger partial charge is 0.0635 e. The molecule has 1 rings (SSSR count). The highest BCUT2D eigenvalue weighted by Crippen LogP contribution is 1.98. The van der Waals surface area contributed by atoms with Gasteiger partial charge in [-0.2, -0.15) is 0 Å². The number of nitrogens with one attached hydrogen (secondary N) is 1. The van der Waals surface area contributed by atoms with E-state index in [1.807, 2.05) is 0 Å². The first kappa shape index (κ1) is 9.96. The zero-order valence-electron chi connectivity index (χ0n) is 8.34. The van der Waals surface area contributed by atoms with Crippen molar-refractivity contribution in [2.45, 2.75) is 26.0 Å². The summed E-state index contributed by atoms with van der Waals surface area (Å²) in [6, 6.07) is 0.520. The summed E-state index contributed by atoms with van der Waals surface area (Å²) in [5.74, 6) is 0. The van der Waals surface area contributed by atoms with Crippen molar-refractivity contribution in [2.24, 2.45) is 0 Å². The van der Waals surface area contributed by atoms with Crippen LogP contribution in [0.2, 0.25) is 0 Å². The van der Waals surface area contributed by atoms with Crippen LogP contribution in [0.3, 0.4) is 0 Å². The van der Waals surface area contributed by atoms with E-state index in [4.69, 9.17) is 4.74 Å². The van der Waals surface area contributed by atoms with Crippen LogP contribution in [0.5, 0.6) is 0 Å². The molecule has 3 nitrogen and oxygen atoms in total. The van der Waals surface area contributed by atoms with E-state index in [0.29, 0.717) is 12.1 Å². The van der Waals surface area contributed by atoms with Gasteiger partial charge in [0.2, 0.25) is 0 Å². The number of rotatable bonds is 3. The molecule has 0 spiro atoms. The molecule has 0 aromatic heterocycles. The molecule has 1 atom stereocenters. The zero-order valence-corrected chi connectivity index (χ0v) is 8.34. The van der Waals surface area contributed by atoms with Gasteiger partial charge in [-0.25, -0.2) is 0 Å². The second kappa shape index (κ2) is 4.80. The highest BCUT2D eigenvalue weighted by molar-refractivity contribution is 4.76. The maximum atomic E-state index is 5.54. The Labute approximate surface area is 75.1 Å². The molecular weight excluding hydrogens is 152 g/mol. The van der Waals surface area contributed by atoms with Gasteiger partial charge in [-0.3, -0.25) is 0 Å². The molecular formula is C9H20N2O. The SMILES string of the molecule is CC(C)OC[C@H]1CN(C)CCN1. The fourth-order valence-corrected chi connectivity index (χ4v) is 1.41. The fourth-order valence-electron chi connectivity index (χ4n) is 1.41. The molecule has 1 saturated heterocycles. The average Bonchev–Trinajstić information content (AvgIpc) is 2.01. The fraction of sp³-hybridized carbons (Fsp3) is 1.00.